The van der Waals surface area contributed by atoms with Crippen LogP contribution >= 0.6 is 0 Å². The van der Waals surface area contributed by atoms with Gasteiger partial charge in [0.1, 0.15) is 11.2 Å². The normalized spacial score (nSPS) is 17.2. The Morgan fingerprint density at radius 1 is 0.933 bits per heavy atom. The Hall–Kier alpha value is -2.98. The van der Waals surface area contributed by atoms with Crippen LogP contribution in [0.15, 0.2) is 84.9 Å². The molecule has 0 saturated carbocycles. The highest BCUT2D eigenvalue weighted by molar-refractivity contribution is 5.91. The number of primary amides is 1. The summed E-state index contributed by atoms with van der Waals surface area (Å²) in [6, 6.07) is 26.5. The highest BCUT2D eigenvalue weighted by Gasteiger charge is 2.49. The summed E-state index contributed by atoms with van der Waals surface area (Å²) in [5, 5.41) is 0. The molecule has 0 spiro atoms. The van der Waals surface area contributed by atoms with E-state index in [0.29, 0.717) is 0 Å². The summed E-state index contributed by atoms with van der Waals surface area (Å²) in [5.41, 5.74) is 8.32. The van der Waals surface area contributed by atoms with Crippen molar-refractivity contribution >= 4 is 5.91 Å². The second-order valence-corrected chi connectivity index (χ2v) is 8.07. The Bertz CT molecular complexity index is 933. The molecule has 4 rings (SSSR count). The van der Waals surface area contributed by atoms with E-state index < -0.39 is 5.41 Å². The van der Waals surface area contributed by atoms with Gasteiger partial charge in [0, 0.05) is 13.1 Å². The zero-order chi connectivity index (χ0) is 21.0. The van der Waals surface area contributed by atoms with Crippen molar-refractivity contribution < 1.29 is 9.18 Å². The number of rotatable bonds is 7. The topological polar surface area (TPSA) is 46.3 Å². The Balaban J connectivity index is 1.60. The van der Waals surface area contributed by atoms with Gasteiger partial charge in [-0.05, 0) is 54.1 Å². The summed E-state index contributed by atoms with van der Waals surface area (Å²) in [4.78, 5) is 15.5. The van der Waals surface area contributed by atoms with E-state index in [2.05, 4.69) is 4.90 Å². The molecule has 0 aromatic heterocycles. The molecule has 0 radical (unpaired) electrons. The summed E-state index contributed by atoms with van der Waals surface area (Å²) in [6.45, 7) is 2.59. The molecular weight excluding hydrogens is 375 g/mol. The fourth-order valence-corrected chi connectivity index (χ4v) is 4.85. The molecule has 1 saturated heterocycles. The number of nitrogens with zero attached hydrogens (tertiary/aromatic N) is 1. The first kappa shape index (κ1) is 20.3. The maximum Gasteiger partial charge on any atom is 0.232 e. The molecule has 0 unspecified atom stereocenters. The van der Waals surface area contributed by atoms with Gasteiger partial charge >= 0.3 is 0 Å². The molecule has 3 nitrogen and oxygen atoms in total. The van der Waals surface area contributed by atoms with Crippen molar-refractivity contribution in [1.29, 1.82) is 0 Å². The van der Waals surface area contributed by atoms with Crippen molar-refractivity contribution in [3.63, 3.8) is 0 Å². The molecule has 0 bridgehead atoms. The quantitative estimate of drug-likeness (QED) is 0.645. The molecule has 1 fully saturated rings. The fraction of sp³-hybridized carbons (Fsp3) is 0.269. The Labute approximate surface area is 177 Å². The average Bonchev–Trinajstić information content (AvgIpc) is 3.24. The van der Waals surface area contributed by atoms with Crippen LogP contribution in [0.2, 0.25) is 0 Å². The zero-order valence-corrected chi connectivity index (χ0v) is 17.0. The smallest absolute Gasteiger partial charge is 0.232 e. The molecule has 1 amide bonds. The third-order valence-corrected chi connectivity index (χ3v) is 6.36. The van der Waals surface area contributed by atoms with E-state index in [-0.39, 0.29) is 17.6 Å². The first-order valence-electron chi connectivity index (χ1n) is 10.5. The van der Waals surface area contributed by atoms with Crippen molar-refractivity contribution in [2.45, 2.75) is 18.3 Å². The van der Waals surface area contributed by atoms with Crippen LogP contribution in [0, 0.1) is 11.7 Å². The molecule has 4 heteroatoms. The second-order valence-electron chi connectivity index (χ2n) is 8.07. The highest BCUT2D eigenvalue weighted by atomic mass is 19.1. The Morgan fingerprint density at radius 2 is 1.50 bits per heavy atom. The van der Waals surface area contributed by atoms with Gasteiger partial charge in [0.05, 0.1) is 0 Å². The van der Waals surface area contributed by atoms with E-state index in [9.17, 15) is 9.18 Å². The largest absolute Gasteiger partial charge is 0.369 e. The number of carbonyl (C=O) groups excluding carboxylic acids is 1. The molecule has 1 aliphatic heterocycles. The molecule has 0 aliphatic carbocycles. The van der Waals surface area contributed by atoms with Crippen LogP contribution in [-0.2, 0) is 16.6 Å². The van der Waals surface area contributed by atoms with Gasteiger partial charge in [0.2, 0.25) is 5.91 Å². The van der Waals surface area contributed by atoms with Crippen LogP contribution in [0.3, 0.4) is 0 Å². The number of likely N-dealkylation sites (tertiary alicyclic amines) is 1. The predicted octanol–water partition coefficient (Wildman–Crippen LogP) is 4.16. The molecule has 2 N–H and O–H groups in total. The zero-order valence-electron chi connectivity index (χ0n) is 17.0. The van der Waals surface area contributed by atoms with Gasteiger partial charge in [-0.1, -0.05) is 72.8 Å². The molecule has 30 heavy (non-hydrogen) atoms. The van der Waals surface area contributed by atoms with Crippen LogP contribution < -0.4 is 5.73 Å². The number of halogens is 1. The minimum absolute atomic E-state index is 0.0908. The third-order valence-electron chi connectivity index (χ3n) is 6.36. The van der Waals surface area contributed by atoms with Crippen LogP contribution in [0.1, 0.15) is 23.1 Å². The maximum absolute atomic E-state index is 13.2. The van der Waals surface area contributed by atoms with Gasteiger partial charge in [-0.15, -0.1) is 0 Å². The first-order valence-corrected chi connectivity index (χ1v) is 10.5. The second kappa shape index (κ2) is 8.80. The van der Waals surface area contributed by atoms with Gasteiger partial charge in [0.25, 0.3) is 0 Å². The van der Waals surface area contributed by atoms with Crippen molar-refractivity contribution in [3.8, 4) is 0 Å². The predicted molar refractivity (Wildman–Crippen MR) is 118 cm³/mol. The number of amides is 1. The van der Waals surface area contributed by atoms with Crippen molar-refractivity contribution in [1.82, 2.24) is 4.90 Å². The Kier molecular flexibility index (Phi) is 5.96. The van der Waals surface area contributed by atoms with Gasteiger partial charge in [-0.3, -0.25) is 4.79 Å². The summed E-state index contributed by atoms with van der Waals surface area (Å²) >= 11 is 0. The highest BCUT2D eigenvalue weighted by Crippen LogP contribution is 2.43. The molecule has 1 aliphatic rings. The number of nitrogens with two attached hydrogens (primary N) is 1. The minimum atomic E-state index is -0.854. The molecule has 1 atom stereocenters. The lowest BCUT2D eigenvalue weighted by atomic mass is 9.64. The van der Waals surface area contributed by atoms with E-state index in [4.69, 9.17) is 5.73 Å². The Morgan fingerprint density at radius 3 is 2.03 bits per heavy atom. The first-order chi connectivity index (χ1) is 14.6. The van der Waals surface area contributed by atoms with Crippen molar-refractivity contribution in [3.05, 3.63) is 107 Å². The lowest BCUT2D eigenvalue weighted by Crippen LogP contribution is -2.49. The monoisotopic (exact) mass is 402 g/mol. The van der Waals surface area contributed by atoms with Gasteiger partial charge in [-0.2, -0.15) is 0 Å². The number of carbonyl (C=O) groups is 1. The van der Waals surface area contributed by atoms with Gasteiger partial charge in [-0.25, -0.2) is 4.39 Å². The lowest BCUT2D eigenvalue weighted by Gasteiger charge is -2.37. The molecule has 1 heterocycles. The maximum atomic E-state index is 13.2. The van der Waals surface area contributed by atoms with E-state index in [1.165, 1.54) is 12.1 Å². The summed E-state index contributed by atoms with van der Waals surface area (Å²) < 4.78 is 13.2. The average molecular weight is 403 g/mol. The van der Waals surface area contributed by atoms with Crippen molar-refractivity contribution in [2.24, 2.45) is 11.7 Å². The third kappa shape index (κ3) is 3.88. The molecule has 3 aromatic rings. The SMILES string of the molecule is NC(=O)C(c1ccccc1)(c1ccccc1)[C@H]1CCN(CCc2ccc(F)cc2)C1. The van der Waals surface area contributed by atoms with Gasteiger partial charge < -0.3 is 10.6 Å². The van der Waals surface area contributed by atoms with Crippen molar-refractivity contribution in [2.75, 3.05) is 19.6 Å². The van der Waals surface area contributed by atoms with Crippen LogP contribution in [0.25, 0.3) is 0 Å². The van der Waals surface area contributed by atoms with E-state index in [0.717, 1.165) is 49.2 Å². The van der Waals surface area contributed by atoms with E-state index in [1.807, 2.05) is 72.8 Å². The van der Waals surface area contributed by atoms with Crippen LogP contribution in [0.4, 0.5) is 4.39 Å². The molecule has 154 valence electrons. The summed E-state index contributed by atoms with van der Waals surface area (Å²) in [7, 11) is 0. The summed E-state index contributed by atoms with van der Waals surface area (Å²) in [5.74, 6) is -0.421. The molecular formula is C26H27FN2O. The van der Waals surface area contributed by atoms with E-state index in [1.54, 1.807) is 0 Å². The molecule has 3 aromatic carbocycles. The summed E-state index contributed by atoms with van der Waals surface area (Å²) in [6.07, 6.45) is 1.75. The van der Waals surface area contributed by atoms with E-state index >= 15 is 0 Å². The van der Waals surface area contributed by atoms with Crippen LogP contribution in [0.5, 0.6) is 0 Å². The van der Waals surface area contributed by atoms with Gasteiger partial charge in [0.15, 0.2) is 0 Å². The minimum Gasteiger partial charge on any atom is -0.369 e. The standard InChI is InChI=1S/C26H27FN2O/c27-24-13-11-20(12-14-24)15-17-29-18-16-23(19-29)26(25(28)30,21-7-3-1-4-8-21)22-9-5-2-6-10-22/h1-14,23H,15-19H2,(H2,28,30)/t23-/m0/s1. The lowest BCUT2D eigenvalue weighted by molar-refractivity contribution is -0.123. The fourth-order valence-electron chi connectivity index (χ4n) is 4.85. The number of hydrogen-bond acceptors (Lipinski definition) is 2. The van der Waals surface area contributed by atoms with Crippen LogP contribution in [-0.4, -0.2) is 30.4 Å². The number of hydrogen-bond donors (Lipinski definition) is 1. The number of benzene rings is 3.